The molecule has 1 heterocycles. The number of carbonyl (C=O) groups excluding carboxylic acids is 3. The summed E-state index contributed by atoms with van der Waals surface area (Å²) in [4.78, 5) is 36.7. The fourth-order valence-electron chi connectivity index (χ4n) is 2.45. The Labute approximate surface area is 164 Å². The van der Waals surface area contributed by atoms with Gasteiger partial charge in [-0.05, 0) is 41.6 Å². The molecule has 6 nitrogen and oxygen atoms in total. The molecule has 28 heavy (non-hydrogen) atoms. The molecule has 0 atom stereocenters. The summed E-state index contributed by atoms with van der Waals surface area (Å²) in [6.07, 6.45) is 1.54. The first-order chi connectivity index (χ1) is 13.5. The summed E-state index contributed by atoms with van der Waals surface area (Å²) >= 11 is 0.747. The lowest BCUT2D eigenvalue weighted by atomic mass is 10.2. The number of rotatable bonds is 6. The first kappa shape index (κ1) is 19.6. The number of esters is 1. The van der Waals surface area contributed by atoms with Crippen molar-refractivity contribution in [2.24, 2.45) is 0 Å². The van der Waals surface area contributed by atoms with Crippen LogP contribution in [0.25, 0.3) is 6.08 Å². The SMILES string of the molecule is COC(=O)CN1C(=O)S/C(=C\c2cccc(OCc3ccccc3F)c2)C1=O. The number of imide groups is 1. The van der Waals surface area contributed by atoms with E-state index in [1.807, 2.05) is 0 Å². The molecule has 8 heteroatoms. The highest BCUT2D eigenvalue weighted by Crippen LogP contribution is 2.32. The number of nitrogens with zero attached hydrogens (tertiary/aromatic N) is 1. The number of carbonyl (C=O) groups is 3. The highest BCUT2D eigenvalue weighted by molar-refractivity contribution is 8.18. The molecule has 2 amide bonds. The van der Waals surface area contributed by atoms with Gasteiger partial charge < -0.3 is 9.47 Å². The maximum absolute atomic E-state index is 13.7. The lowest BCUT2D eigenvalue weighted by Crippen LogP contribution is -2.34. The van der Waals surface area contributed by atoms with E-state index in [0.717, 1.165) is 16.7 Å². The third kappa shape index (κ3) is 4.58. The van der Waals surface area contributed by atoms with E-state index in [4.69, 9.17) is 4.74 Å². The monoisotopic (exact) mass is 401 g/mol. The minimum absolute atomic E-state index is 0.0613. The standard InChI is InChI=1S/C20H16FNO5S/c1-26-18(23)11-22-19(24)17(28-20(22)25)10-13-5-4-7-15(9-13)27-12-14-6-2-3-8-16(14)21/h2-10H,11-12H2,1H3/b17-10-. The molecule has 0 bridgehead atoms. The summed E-state index contributed by atoms with van der Waals surface area (Å²) in [5.74, 6) is -1.09. The van der Waals surface area contributed by atoms with Crippen molar-refractivity contribution in [2.75, 3.05) is 13.7 Å². The van der Waals surface area contributed by atoms with Crippen LogP contribution in [0, 0.1) is 5.82 Å². The second kappa shape index (κ2) is 8.71. The van der Waals surface area contributed by atoms with Crippen molar-refractivity contribution >= 4 is 35.0 Å². The van der Waals surface area contributed by atoms with Gasteiger partial charge in [-0.3, -0.25) is 19.3 Å². The van der Waals surface area contributed by atoms with Crippen molar-refractivity contribution < 1.29 is 28.2 Å². The molecule has 0 saturated carbocycles. The number of methoxy groups -OCH3 is 1. The number of benzene rings is 2. The van der Waals surface area contributed by atoms with Crippen molar-refractivity contribution in [3.05, 3.63) is 70.4 Å². The molecular weight excluding hydrogens is 385 g/mol. The third-order valence-corrected chi connectivity index (χ3v) is 4.80. The minimum Gasteiger partial charge on any atom is -0.489 e. The Kier molecular flexibility index (Phi) is 6.10. The predicted octanol–water partition coefficient (Wildman–Crippen LogP) is 3.61. The van der Waals surface area contributed by atoms with E-state index >= 15 is 0 Å². The number of halogens is 1. The predicted molar refractivity (Wildman–Crippen MR) is 102 cm³/mol. The van der Waals surface area contributed by atoms with Crippen LogP contribution in [-0.4, -0.2) is 35.7 Å². The summed E-state index contributed by atoms with van der Waals surface area (Å²) in [7, 11) is 1.18. The Morgan fingerprint density at radius 1 is 1.18 bits per heavy atom. The Bertz CT molecular complexity index is 959. The number of hydrogen-bond donors (Lipinski definition) is 0. The molecule has 0 aromatic heterocycles. The molecule has 2 aromatic carbocycles. The molecule has 0 radical (unpaired) electrons. The molecule has 2 aromatic rings. The number of thioether (sulfide) groups is 1. The van der Waals surface area contributed by atoms with Crippen molar-refractivity contribution in [1.82, 2.24) is 4.90 Å². The Balaban J connectivity index is 1.72. The third-order valence-electron chi connectivity index (χ3n) is 3.90. The molecule has 0 N–H and O–H groups in total. The molecule has 1 saturated heterocycles. The average molecular weight is 401 g/mol. The largest absolute Gasteiger partial charge is 0.489 e. The molecule has 0 aliphatic carbocycles. The number of ether oxygens (including phenoxy) is 2. The van der Waals surface area contributed by atoms with Crippen LogP contribution in [0.15, 0.2) is 53.4 Å². The summed E-state index contributed by atoms with van der Waals surface area (Å²) < 4.78 is 23.8. The van der Waals surface area contributed by atoms with E-state index in [2.05, 4.69) is 4.74 Å². The van der Waals surface area contributed by atoms with Crippen molar-refractivity contribution in [3.63, 3.8) is 0 Å². The van der Waals surface area contributed by atoms with Crippen LogP contribution in [0.5, 0.6) is 5.75 Å². The fourth-order valence-corrected chi connectivity index (χ4v) is 3.29. The Morgan fingerprint density at radius 3 is 2.71 bits per heavy atom. The lowest BCUT2D eigenvalue weighted by molar-refractivity contribution is -0.143. The van der Waals surface area contributed by atoms with Crippen LogP contribution in [0.2, 0.25) is 0 Å². The lowest BCUT2D eigenvalue weighted by Gasteiger charge is -2.10. The van der Waals surface area contributed by atoms with Gasteiger partial charge in [0, 0.05) is 5.56 Å². The van der Waals surface area contributed by atoms with Crippen LogP contribution in [-0.2, 0) is 20.9 Å². The van der Waals surface area contributed by atoms with Gasteiger partial charge in [0.2, 0.25) is 0 Å². The van der Waals surface area contributed by atoms with Crippen molar-refractivity contribution in [3.8, 4) is 5.75 Å². The minimum atomic E-state index is -0.674. The molecule has 0 spiro atoms. The van der Waals surface area contributed by atoms with E-state index in [-0.39, 0.29) is 17.3 Å². The summed E-state index contributed by atoms with van der Waals surface area (Å²) in [6.45, 7) is -0.365. The van der Waals surface area contributed by atoms with E-state index in [0.29, 0.717) is 16.9 Å². The molecule has 1 aliphatic rings. The first-order valence-corrected chi connectivity index (χ1v) is 9.08. The van der Waals surface area contributed by atoms with Gasteiger partial charge >= 0.3 is 5.97 Å². The highest BCUT2D eigenvalue weighted by Gasteiger charge is 2.36. The molecule has 1 aliphatic heterocycles. The van der Waals surface area contributed by atoms with Crippen molar-refractivity contribution in [1.29, 1.82) is 0 Å². The topological polar surface area (TPSA) is 72.9 Å². The van der Waals surface area contributed by atoms with Gasteiger partial charge in [-0.2, -0.15) is 0 Å². The molecule has 1 fully saturated rings. The van der Waals surface area contributed by atoms with Gasteiger partial charge in [0.15, 0.2) is 0 Å². The molecule has 3 rings (SSSR count). The normalized spacial score (nSPS) is 15.2. The van der Waals surface area contributed by atoms with Crippen LogP contribution < -0.4 is 4.74 Å². The van der Waals surface area contributed by atoms with Gasteiger partial charge in [-0.1, -0.05) is 30.3 Å². The van der Waals surface area contributed by atoms with Crippen LogP contribution in [0.3, 0.4) is 0 Å². The first-order valence-electron chi connectivity index (χ1n) is 8.26. The smallest absolute Gasteiger partial charge is 0.325 e. The number of amides is 2. The summed E-state index contributed by atoms with van der Waals surface area (Å²) in [5, 5.41) is -0.534. The second-order valence-corrected chi connectivity index (χ2v) is 6.79. The van der Waals surface area contributed by atoms with E-state index < -0.39 is 23.7 Å². The van der Waals surface area contributed by atoms with Gasteiger partial charge in [0.1, 0.15) is 24.7 Å². The van der Waals surface area contributed by atoms with Crippen molar-refractivity contribution in [2.45, 2.75) is 6.61 Å². The molecule has 144 valence electrons. The van der Waals surface area contributed by atoms with Gasteiger partial charge in [0.05, 0.1) is 12.0 Å². The zero-order chi connectivity index (χ0) is 20.1. The average Bonchev–Trinajstić information content (AvgIpc) is 2.95. The van der Waals surface area contributed by atoms with Gasteiger partial charge in [-0.15, -0.1) is 0 Å². The quantitative estimate of drug-likeness (QED) is 0.544. The second-order valence-electron chi connectivity index (χ2n) is 5.80. The maximum Gasteiger partial charge on any atom is 0.325 e. The highest BCUT2D eigenvalue weighted by atomic mass is 32.2. The summed E-state index contributed by atoms with van der Waals surface area (Å²) in [6, 6.07) is 13.2. The summed E-state index contributed by atoms with van der Waals surface area (Å²) in [5.41, 5.74) is 1.06. The maximum atomic E-state index is 13.7. The Hall–Kier alpha value is -3.13. The van der Waals surface area contributed by atoms with Crippen LogP contribution in [0.4, 0.5) is 9.18 Å². The van der Waals surface area contributed by atoms with Gasteiger partial charge in [-0.25, -0.2) is 4.39 Å². The fraction of sp³-hybridized carbons (Fsp3) is 0.150. The zero-order valence-electron chi connectivity index (χ0n) is 14.9. The van der Waals surface area contributed by atoms with E-state index in [9.17, 15) is 18.8 Å². The number of hydrogen-bond acceptors (Lipinski definition) is 6. The van der Waals surface area contributed by atoms with E-state index in [1.165, 1.54) is 19.3 Å². The molecule has 0 unspecified atom stereocenters. The van der Waals surface area contributed by atoms with Crippen LogP contribution >= 0.6 is 11.8 Å². The Morgan fingerprint density at radius 2 is 1.96 bits per heavy atom. The zero-order valence-corrected chi connectivity index (χ0v) is 15.7. The van der Waals surface area contributed by atoms with Gasteiger partial charge in [0.25, 0.3) is 11.1 Å². The van der Waals surface area contributed by atoms with E-state index in [1.54, 1.807) is 42.5 Å². The molecular formula is C20H16FNO5S. The van der Waals surface area contributed by atoms with Crippen LogP contribution in [0.1, 0.15) is 11.1 Å².